The molecular formula is C22H35IN6O. The molecule has 0 spiro atoms. The van der Waals surface area contributed by atoms with Crippen molar-refractivity contribution in [2.45, 2.75) is 45.4 Å². The predicted octanol–water partition coefficient (Wildman–Crippen LogP) is 3.32. The van der Waals surface area contributed by atoms with Crippen LogP contribution in [0.15, 0.2) is 29.3 Å². The van der Waals surface area contributed by atoms with Crippen LogP contribution in [0.3, 0.4) is 0 Å². The Hall–Kier alpha value is -1.84. The molecule has 1 heterocycles. The molecule has 3 rings (SSSR count). The number of H-pyrrole nitrogens is 1. The fourth-order valence-electron chi connectivity index (χ4n) is 4.12. The summed E-state index contributed by atoms with van der Waals surface area (Å²) in [7, 11) is 3.68. The maximum atomic E-state index is 12.7. The number of carbonyl (C=O) groups is 1. The third-order valence-electron chi connectivity index (χ3n) is 5.63. The molecule has 1 amide bonds. The van der Waals surface area contributed by atoms with Crippen molar-refractivity contribution in [3.63, 3.8) is 0 Å². The van der Waals surface area contributed by atoms with Crippen LogP contribution in [0.25, 0.3) is 11.0 Å². The zero-order chi connectivity index (χ0) is 20.7. The third kappa shape index (κ3) is 6.09. The first kappa shape index (κ1) is 24.4. The highest BCUT2D eigenvalue weighted by Gasteiger charge is 2.42. The lowest BCUT2D eigenvalue weighted by Crippen LogP contribution is -2.43. The van der Waals surface area contributed by atoms with Crippen LogP contribution in [0, 0.1) is 5.41 Å². The molecule has 1 aromatic heterocycles. The lowest BCUT2D eigenvalue weighted by atomic mass is 9.85. The summed E-state index contributed by atoms with van der Waals surface area (Å²) >= 11 is 0. The number of rotatable bonds is 8. The molecule has 166 valence electrons. The smallest absolute Gasteiger partial charge is 0.230 e. The van der Waals surface area contributed by atoms with Gasteiger partial charge in [0.05, 0.1) is 23.0 Å². The number of para-hydroxylation sites is 2. The minimum absolute atomic E-state index is 0. The van der Waals surface area contributed by atoms with E-state index < -0.39 is 0 Å². The van der Waals surface area contributed by atoms with Crippen LogP contribution in [0.5, 0.6) is 0 Å². The van der Waals surface area contributed by atoms with Crippen LogP contribution in [-0.2, 0) is 11.2 Å². The van der Waals surface area contributed by atoms with Crippen LogP contribution >= 0.6 is 24.0 Å². The molecule has 2 aromatic rings. The summed E-state index contributed by atoms with van der Waals surface area (Å²) in [5, 5.41) is 6.71. The van der Waals surface area contributed by atoms with Gasteiger partial charge in [-0.15, -0.1) is 24.0 Å². The maximum Gasteiger partial charge on any atom is 0.230 e. The Morgan fingerprint density at radius 3 is 2.63 bits per heavy atom. The largest absolute Gasteiger partial charge is 0.357 e. The van der Waals surface area contributed by atoms with Crippen LogP contribution < -0.4 is 10.6 Å². The molecule has 8 heteroatoms. The Labute approximate surface area is 196 Å². The number of aromatic amines is 1. The number of benzene rings is 1. The summed E-state index contributed by atoms with van der Waals surface area (Å²) in [5.74, 6) is 2.01. The van der Waals surface area contributed by atoms with E-state index in [1.165, 1.54) is 0 Å². The number of imidazole rings is 1. The molecule has 0 atom stereocenters. The summed E-state index contributed by atoms with van der Waals surface area (Å²) in [4.78, 5) is 27.2. The Bertz CT molecular complexity index is 808. The van der Waals surface area contributed by atoms with Gasteiger partial charge in [-0.05, 0) is 38.3 Å². The number of hydrogen-bond acceptors (Lipinski definition) is 3. The number of nitrogens with zero attached hydrogens (tertiary/aromatic N) is 3. The summed E-state index contributed by atoms with van der Waals surface area (Å²) in [5.41, 5.74) is 1.76. The number of fused-ring (bicyclic) bond motifs is 1. The van der Waals surface area contributed by atoms with Crippen LogP contribution in [-0.4, -0.2) is 60.5 Å². The third-order valence-corrected chi connectivity index (χ3v) is 5.63. The van der Waals surface area contributed by atoms with Crippen molar-refractivity contribution in [3.8, 4) is 0 Å². The van der Waals surface area contributed by atoms with Gasteiger partial charge in [0, 0.05) is 33.6 Å². The van der Waals surface area contributed by atoms with Crippen LogP contribution in [0.2, 0.25) is 0 Å². The van der Waals surface area contributed by atoms with Crippen molar-refractivity contribution in [1.29, 1.82) is 0 Å². The van der Waals surface area contributed by atoms with Crippen LogP contribution in [0.1, 0.15) is 44.9 Å². The Morgan fingerprint density at radius 2 is 1.97 bits per heavy atom. The first-order valence-corrected chi connectivity index (χ1v) is 10.7. The van der Waals surface area contributed by atoms with Gasteiger partial charge >= 0.3 is 0 Å². The minimum atomic E-state index is -0.333. The van der Waals surface area contributed by atoms with E-state index in [2.05, 4.69) is 27.5 Å². The number of guanidine groups is 1. The molecule has 0 aliphatic heterocycles. The molecule has 0 radical (unpaired) electrons. The fraction of sp³-hybridized carbons (Fsp3) is 0.591. The van der Waals surface area contributed by atoms with Crippen LogP contribution in [0.4, 0.5) is 0 Å². The molecule has 1 saturated carbocycles. The number of carbonyl (C=O) groups excluding carboxylic acids is 1. The fourth-order valence-corrected chi connectivity index (χ4v) is 4.12. The summed E-state index contributed by atoms with van der Waals surface area (Å²) in [6.07, 6.45) is 5.90. The van der Waals surface area contributed by atoms with Gasteiger partial charge in [0.15, 0.2) is 5.96 Å². The molecule has 1 fully saturated rings. The lowest BCUT2D eigenvalue weighted by molar-refractivity contribution is -0.138. The van der Waals surface area contributed by atoms with E-state index in [4.69, 9.17) is 4.99 Å². The van der Waals surface area contributed by atoms with E-state index in [1.807, 2.05) is 38.4 Å². The van der Waals surface area contributed by atoms with Crippen molar-refractivity contribution in [2.75, 3.05) is 33.7 Å². The normalized spacial score (nSPS) is 15.6. The van der Waals surface area contributed by atoms with Gasteiger partial charge in [-0.25, -0.2) is 4.98 Å². The molecule has 3 N–H and O–H groups in total. The van der Waals surface area contributed by atoms with Crippen molar-refractivity contribution < 1.29 is 4.79 Å². The number of amides is 1. The molecule has 30 heavy (non-hydrogen) atoms. The SMILES string of the molecule is CCNC(=NCC1(C(=O)N(C)C)CCCC1)NCCCc1nc2ccccc2[nH]1.I. The van der Waals surface area contributed by atoms with Gasteiger partial charge in [-0.2, -0.15) is 0 Å². The predicted molar refractivity (Wildman–Crippen MR) is 133 cm³/mol. The quantitative estimate of drug-likeness (QED) is 0.213. The van der Waals surface area contributed by atoms with E-state index in [0.29, 0.717) is 6.54 Å². The highest BCUT2D eigenvalue weighted by molar-refractivity contribution is 14.0. The first-order valence-electron chi connectivity index (χ1n) is 10.7. The van der Waals surface area contributed by atoms with E-state index in [0.717, 1.165) is 74.4 Å². The van der Waals surface area contributed by atoms with Gasteiger partial charge in [-0.1, -0.05) is 25.0 Å². The second-order valence-corrected chi connectivity index (χ2v) is 8.11. The minimum Gasteiger partial charge on any atom is -0.357 e. The number of aromatic nitrogens is 2. The average molecular weight is 526 g/mol. The highest BCUT2D eigenvalue weighted by atomic mass is 127. The summed E-state index contributed by atoms with van der Waals surface area (Å²) < 4.78 is 0. The van der Waals surface area contributed by atoms with E-state index in [-0.39, 0.29) is 35.3 Å². The summed E-state index contributed by atoms with van der Waals surface area (Å²) in [6, 6.07) is 8.10. The topological polar surface area (TPSA) is 85.4 Å². The Balaban J connectivity index is 0.00000320. The first-order chi connectivity index (χ1) is 14.0. The average Bonchev–Trinajstić information content (AvgIpc) is 3.35. The molecule has 0 unspecified atom stereocenters. The molecule has 7 nitrogen and oxygen atoms in total. The maximum absolute atomic E-state index is 12.7. The van der Waals surface area contributed by atoms with Gasteiger partial charge in [0.2, 0.25) is 5.91 Å². The highest BCUT2D eigenvalue weighted by Crippen LogP contribution is 2.39. The van der Waals surface area contributed by atoms with Crippen molar-refractivity contribution >= 4 is 46.9 Å². The van der Waals surface area contributed by atoms with Gasteiger partial charge in [0.25, 0.3) is 0 Å². The standard InChI is InChI=1S/C22H34N6O.HI/c1-4-23-21(25-16-22(13-7-8-14-22)20(29)28(2)3)24-15-9-12-19-26-17-10-5-6-11-18(17)27-19;/h5-6,10-11H,4,7-9,12-16H2,1-3H3,(H,26,27)(H2,23,24,25);1H. The molecular weight excluding hydrogens is 491 g/mol. The Kier molecular flexibility index (Phi) is 9.38. The molecule has 1 aliphatic carbocycles. The van der Waals surface area contributed by atoms with Crippen molar-refractivity contribution in [1.82, 2.24) is 25.5 Å². The van der Waals surface area contributed by atoms with Gasteiger partial charge in [0.1, 0.15) is 5.82 Å². The number of aryl methyl sites for hydroxylation is 1. The second-order valence-electron chi connectivity index (χ2n) is 8.11. The van der Waals surface area contributed by atoms with Gasteiger partial charge < -0.3 is 20.5 Å². The Morgan fingerprint density at radius 1 is 1.23 bits per heavy atom. The van der Waals surface area contributed by atoms with E-state index in [1.54, 1.807) is 4.90 Å². The van der Waals surface area contributed by atoms with Gasteiger partial charge in [-0.3, -0.25) is 9.79 Å². The summed E-state index contributed by atoms with van der Waals surface area (Å²) in [6.45, 7) is 4.20. The zero-order valence-electron chi connectivity index (χ0n) is 18.3. The molecule has 1 aromatic carbocycles. The second kappa shape index (κ2) is 11.5. The number of halogens is 1. The molecule has 0 saturated heterocycles. The lowest BCUT2D eigenvalue weighted by Gasteiger charge is -2.29. The number of hydrogen-bond donors (Lipinski definition) is 3. The molecule has 0 bridgehead atoms. The number of nitrogens with one attached hydrogen (secondary N) is 3. The molecule has 1 aliphatic rings. The monoisotopic (exact) mass is 526 g/mol. The zero-order valence-corrected chi connectivity index (χ0v) is 20.7. The van der Waals surface area contributed by atoms with Crippen molar-refractivity contribution in [2.24, 2.45) is 10.4 Å². The van der Waals surface area contributed by atoms with E-state index in [9.17, 15) is 4.79 Å². The van der Waals surface area contributed by atoms with E-state index >= 15 is 0 Å². The number of aliphatic imine (C=N–C) groups is 1. The van der Waals surface area contributed by atoms with Crippen molar-refractivity contribution in [3.05, 3.63) is 30.1 Å².